The third-order valence-electron chi connectivity index (χ3n) is 5.35. The van der Waals surface area contributed by atoms with E-state index in [9.17, 15) is 13.2 Å². The largest absolute Gasteiger partial charge is 0.354 e. The van der Waals surface area contributed by atoms with E-state index in [-0.39, 0.29) is 17.3 Å². The Labute approximate surface area is 181 Å². The molecule has 0 aliphatic heterocycles. The normalized spacial score (nSPS) is 12.4. The van der Waals surface area contributed by atoms with Gasteiger partial charge in [-0.1, -0.05) is 68.5 Å². The van der Waals surface area contributed by atoms with Crippen molar-refractivity contribution in [3.05, 3.63) is 59.7 Å². The zero-order chi connectivity index (χ0) is 22.1. The number of unbranched alkanes of at least 4 members (excludes halogenated alkanes) is 1. The Morgan fingerprint density at radius 2 is 1.53 bits per heavy atom. The van der Waals surface area contributed by atoms with Gasteiger partial charge >= 0.3 is 0 Å². The summed E-state index contributed by atoms with van der Waals surface area (Å²) in [4.78, 5) is 12.9. The second-order valence-corrected chi connectivity index (χ2v) is 9.74. The van der Waals surface area contributed by atoms with Crippen LogP contribution >= 0.6 is 0 Å². The van der Waals surface area contributed by atoms with Gasteiger partial charge in [0.1, 0.15) is 6.54 Å². The van der Waals surface area contributed by atoms with E-state index in [1.165, 1.54) is 4.31 Å². The molecule has 30 heavy (non-hydrogen) atoms. The Bertz CT molecular complexity index is 906. The van der Waals surface area contributed by atoms with Crippen LogP contribution in [0.2, 0.25) is 0 Å². The van der Waals surface area contributed by atoms with Crippen molar-refractivity contribution in [1.82, 2.24) is 5.32 Å². The van der Waals surface area contributed by atoms with Crippen molar-refractivity contribution in [1.29, 1.82) is 0 Å². The summed E-state index contributed by atoms with van der Waals surface area (Å²) in [5.74, 6) is 0.122. The molecule has 2 aromatic carbocycles. The van der Waals surface area contributed by atoms with Crippen molar-refractivity contribution in [2.24, 2.45) is 5.92 Å². The van der Waals surface area contributed by atoms with Crippen LogP contribution in [0.15, 0.2) is 53.4 Å². The lowest BCUT2D eigenvalue weighted by molar-refractivity contribution is -0.119. The van der Waals surface area contributed by atoms with Crippen LogP contribution in [0.4, 0.5) is 5.69 Å². The van der Waals surface area contributed by atoms with Gasteiger partial charge in [0.2, 0.25) is 5.91 Å². The Balaban J connectivity index is 2.23. The SMILES string of the molecule is CCCC[C@@H](CC)CNC(=O)CN(c1ccc(C)cc1)S(=O)(=O)c1ccc(C)cc1. The smallest absolute Gasteiger partial charge is 0.264 e. The highest BCUT2D eigenvalue weighted by molar-refractivity contribution is 7.92. The van der Waals surface area contributed by atoms with Crippen LogP contribution in [0.1, 0.15) is 50.7 Å². The number of rotatable bonds is 11. The minimum atomic E-state index is -3.86. The second-order valence-electron chi connectivity index (χ2n) is 7.88. The van der Waals surface area contributed by atoms with Gasteiger partial charge in [-0.25, -0.2) is 8.42 Å². The highest BCUT2D eigenvalue weighted by Crippen LogP contribution is 2.24. The average molecular weight is 431 g/mol. The molecule has 2 rings (SSSR count). The van der Waals surface area contributed by atoms with Gasteiger partial charge in [-0.05, 0) is 50.5 Å². The molecule has 0 aromatic heterocycles. The summed E-state index contributed by atoms with van der Waals surface area (Å²) in [6, 6.07) is 13.9. The molecule has 0 saturated heterocycles. The number of hydrogen-bond acceptors (Lipinski definition) is 3. The van der Waals surface area contributed by atoms with Gasteiger partial charge < -0.3 is 5.32 Å². The van der Waals surface area contributed by atoms with Crippen molar-refractivity contribution in [3.63, 3.8) is 0 Å². The van der Waals surface area contributed by atoms with E-state index >= 15 is 0 Å². The standard InChI is InChI=1S/C24H34N2O3S/c1-5-7-8-21(6-2)17-25-24(27)18-26(22-13-9-19(3)10-14-22)30(28,29)23-15-11-20(4)12-16-23/h9-16,21H,5-8,17-18H2,1-4H3,(H,25,27)/t21-/m1/s1. The topological polar surface area (TPSA) is 66.5 Å². The van der Waals surface area contributed by atoms with E-state index in [1.54, 1.807) is 36.4 Å². The number of benzene rings is 2. The van der Waals surface area contributed by atoms with E-state index in [0.29, 0.717) is 18.2 Å². The molecule has 1 N–H and O–H groups in total. The molecule has 0 aliphatic carbocycles. The van der Waals surface area contributed by atoms with E-state index in [1.807, 2.05) is 26.0 Å². The van der Waals surface area contributed by atoms with Crippen molar-refractivity contribution < 1.29 is 13.2 Å². The zero-order valence-electron chi connectivity index (χ0n) is 18.5. The number of nitrogens with one attached hydrogen (secondary N) is 1. The van der Waals surface area contributed by atoms with Crippen molar-refractivity contribution >= 4 is 21.6 Å². The average Bonchev–Trinajstić information content (AvgIpc) is 2.73. The van der Waals surface area contributed by atoms with Gasteiger partial charge in [-0.3, -0.25) is 9.10 Å². The lowest BCUT2D eigenvalue weighted by Gasteiger charge is -2.25. The fraction of sp³-hybridized carbons (Fsp3) is 0.458. The zero-order valence-corrected chi connectivity index (χ0v) is 19.3. The fourth-order valence-corrected chi connectivity index (χ4v) is 4.67. The monoisotopic (exact) mass is 430 g/mol. The van der Waals surface area contributed by atoms with Gasteiger partial charge in [-0.15, -0.1) is 0 Å². The Hall–Kier alpha value is -2.34. The number of aryl methyl sites for hydroxylation is 2. The predicted molar refractivity (Wildman–Crippen MR) is 123 cm³/mol. The Morgan fingerprint density at radius 3 is 2.07 bits per heavy atom. The Morgan fingerprint density at radius 1 is 0.967 bits per heavy atom. The van der Waals surface area contributed by atoms with Gasteiger partial charge in [-0.2, -0.15) is 0 Å². The first-order valence-electron chi connectivity index (χ1n) is 10.7. The molecule has 164 valence electrons. The minimum absolute atomic E-state index is 0.177. The number of hydrogen-bond donors (Lipinski definition) is 1. The third kappa shape index (κ3) is 6.59. The molecule has 6 heteroatoms. The number of anilines is 1. The van der Waals surface area contributed by atoms with Crippen molar-refractivity contribution in [2.75, 3.05) is 17.4 Å². The number of amides is 1. The highest BCUT2D eigenvalue weighted by Gasteiger charge is 2.27. The molecule has 2 aromatic rings. The number of nitrogens with zero attached hydrogens (tertiary/aromatic N) is 1. The van der Waals surface area contributed by atoms with Gasteiger partial charge in [0.05, 0.1) is 10.6 Å². The number of sulfonamides is 1. The van der Waals surface area contributed by atoms with Gasteiger partial charge in [0, 0.05) is 6.54 Å². The maximum absolute atomic E-state index is 13.3. The summed E-state index contributed by atoms with van der Waals surface area (Å²) in [6.45, 7) is 8.44. The molecule has 0 spiro atoms. The minimum Gasteiger partial charge on any atom is -0.354 e. The van der Waals surface area contributed by atoms with Gasteiger partial charge in [0.25, 0.3) is 10.0 Å². The molecule has 0 fully saturated rings. The van der Waals surface area contributed by atoms with Crippen LogP contribution in [0.3, 0.4) is 0 Å². The molecular formula is C24H34N2O3S. The molecule has 0 aliphatic rings. The molecule has 0 bridgehead atoms. The second kappa shape index (κ2) is 11.2. The molecule has 1 atom stereocenters. The summed E-state index contributed by atoms with van der Waals surface area (Å²) >= 11 is 0. The van der Waals surface area contributed by atoms with E-state index < -0.39 is 10.0 Å². The van der Waals surface area contributed by atoms with Crippen LogP contribution in [-0.4, -0.2) is 27.4 Å². The van der Waals surface area contributed by atoms with Crippen LogP contribution in [-0.2, 0) is 14.8 Å². The molecule has 5 nitrogen and oxygen atoms in total. The lowest BCUT2D eigenvalue weighted by atomic mass is 9.99. The van der Waals surface area contributed by atoms with Crippen molar-refractivity contribution in [2.45, 2.75) is 58.3 Å². The maximum Gasteiger partial charge on any atom is 0.264 e. The molecule has 0 unspecified atom stereocenters. The van der Waals surface area contributed by atoms with E-state index in [0.717, 1.165) is 36.8 Å². The van der Waals surface area contributed by atoms with Crippen LogP contribution in [0.5, 0.6) is 0 Å². The number of carbonyl (C=O) groups excluding carboxylic acids is 1. The molecule has 0 heterocycles. The van der Waals surface area contributed by atoms with Crippen LogP contribution in [0, 0.1) is 19.8 Å². The molecule has 1 amide bonds. The first kappa shape index (κ1) is 23.9. The lowest BCUT2D eigenvalue weighted by Crippen LogP contribution is -2.42. The van der Waals surface area contributed by atoms with E-state index in [2.05, 4.69) is 19.2 Å². The number of carbonyl (C=O) groups is 1. The summed E-state index contributed by atoms with van der Waals surface area (Å²) in [6.07, 6.45) is 4.31. The summed E-state index contributed by atoms with van der Waals surface area (Å²) < 4.78 is 27.9. The summed E-state index contributed by atoms with van der Waals surface area (Å²) in [5.41, 5.74) is 2.48. The van der Waals surface area contributed by atoms with Crippen molar-refractivity contribution in [3.8, 4) is 0 Å². The molecular weight excluding hydrogens is 396 g/mol. The first-order valence-corrected chi connectivity index (χ1v) is 12.1. The van der Waals surface area contributed by atoms with Crippen LogP contribution in [0.25, 0.3) is 0 Å². The fourth-order valence-electron chi connectivity index (χ4n) is 3.25. The summed E-state index contributed by atoms with van der Waals surface area (Å²) in [5, 5.41) is 2.94. The highest BCUT2D eigenvalue weighted by atomic mass is 32.2. The maximum atomic E-state index is 13.3. The first-order chi connectivity index (χ1) is 14.3. The van der Waals surface area contributed by atoms with E-state index in [4.69, 9.17) is 0 Å². The third-order valence-corrected chi connectivity index (χ3v) is 7.14. The van der Waals surface area contributed by atoms with Crippen LogP contribution < -0.4 is 9.62 Å². The quantitative estimate of drug-likeness (QED) is 0.555. The Kier molecular flexibility index (Phi) is 8.90. The van der Waals surface area contributed by atoms with Gasteiger partial charge in [0.15, 0.2) is 0 Å². The molecule has 0 radical (unpaired) electrons. The predicted octanol–water partition coefficient (Wildman–Crippen LogP) is 4.83. The summed E-state index contributed by atoms with van der Waals surface area (Å²) in [7, 11) is -3.86. The molecule has 0 saturated carbocycles.